The summed E-state index contributed by atoms with van der Waals surface area (Å²) in [7, 11) is 1.73. The number of carbonyl (C=O) groups excluding carboxylic acids is 2. The van der Waals surface area contributed by atoms with E-state index in [4.69, 9.17) is 4.74 Å². The van der Waals surface area contributed by atoms with E-state index in [1.807, 2.05) is 6.92 Å². The minimum Gasteiger partial charge on any atom is -0.450 e. The van der Waals surface area contributed by atoms with Gasteiger partial charge in [0.25, 0.3) is 0 Å². The summed E-state index contributed by atoms with van der Waals surface area (Å²) in [6, 6.07) is 0.617. The second-order valence-electron chi connectivity index (χ2n) is 7.26. The van der Waals surface area contributed by atoms with Crippen LogP contribution < -0.4 is 16.0 Å². The first-order chi connectivity index (χ1) is 13.1. The van der Waals surface area contributed by atoms with Crippen LogP contribution >= 0.6 is 24.0 Å². The highest BCUT2D eigenvalue weighted by Crippen LogP contribution is 2.17. The maximum atomic E-state index is 12.1. The van der Waals surface area contributed by atoms with Crippen molar-refractivity contribution in [2.24, 2.45) is 4.99 Å². The highest BCUT2D eigenvalue weighted by atomic mass is 127. The number of hydrogen-bond donors (Lipinski definition) is 3. The van der Waals surface area contributed by atoms with Gasteiger partial charge < -0.3 is 25.6 Å². The van der Waals surface area contributed by atoms with E-state index in [2.05, 4.69) is 20.9 Å². The van der Waals surface area contributed by atoms with Gasteiger partial charge in [-0.3, -0.25) is 9.79 Å². The Hall–Kier alpha value is -1.26. The van der Waals surface area contributed by atoms with Crippen molar-refractivity contribution in [3.8, 4) is 0 Å². The fourth-order valence-corrected chi connectivity index (χ4v) is 3.65. The molecule has 8 nitrogen and oxygen atoms in total. The molecule has 3 N–H and O–H groups in total. The molecule has 0 aromatic heterocycles. The lowest BCUT2D eigenvalue weighted by atomic mass is 9.95. The highest BCUT2D eigenvalue weighted by Gasteiger charge is 2.24. The Morgan fingerprint density at radius 1 is 1.04 bits per heavy atom. The first-order valence-electron chi connectivity index (χ1n) is 10.3. The lowest BCUT2D eigenvalue weighted by Gasteiger charge is -2.32. The molecule has 28 heavy (non-hydrogen) atoms. The summed E-state index contributed by atoms with van der Waals surface area (Å²) < 4.78 is 5.04. The molecular formula is C19H36IN5O3. The number of guanidine groups is 1. The van der Waals surface area contributed by atoms with E-state index in [-0.39, 0.29) is 42.0 Å². The molecule has 2 aliphatic rings. The highest BCUT2D eigenvalue weighted by molar-refractivity contribution is 14.0. The molecule has 1 heterocycles. The number of nitrogens with one attached hydrogen (secondary N) is 3. The quantitative estimate of drug-likeness (QED) is 0.290. The van der Waals surface area contributed by atoms with Crippen LogP contribution in [0.25, 0.3) is 0 Å². The van der Waals surface area contributed by atoms with Crippen LogP contribution in [0.15, 0.2) is 4.99 Å². The van der Waals surface area contributed by atoms with Crippen molar-refractivity contribution in [3.05, 3.63) is 0 Å². The van der Waals surface area contributed by atoms with Crippen LogP contribution in [0, 0.1) is 0 Å². The molecule has 2 rings (SSSR count). The molecule has 1 saturated heterocycles. The number of halogens is 1. The minimum atomic E-state index is -0.234. The normalized spacial score (nSPS) is 18.8. The fraction of sp³-hybridized carbons (Fsp3) is 0.842. The molecule has 0 aromatic rings. The SMILES string of the molecule is CCOC(=O)N1CCC(NC(=NC)NCCC(=O)NC2CCCCC2)CC1.I. The van der Waals surface area contributed by atoms with E-state index in [0.29, 0.717) is 44.7 Å². The Kier molecular flexibility index (Phi) is 12.2. The Labute approximate surface area is 185 Å². The number of ether oxygens (including phenoxy) is 1. The van der Waals surface area contributed by atoms with E-state index in [9.17, 15) is 9.59 Å². The smallest absolute Gasteiger partial charge is 0.409 e. The van der Waals surface area contributed by atoms with Gasteiger partial charge in [0, 0.05) is 45.2 Å². The third-order valence-corrected chi connectivity index (χ3v) is 5.20. The van der Waals surface area contributed by atoms with E-state index in [0.717, 1.165) is 25.7 Å². The predicted molar refractivity (Wildman–Crippen MR) is 121 cm³/mol. The van der Waals surface area contributed by atoms with Crippen molar-refractivity contribution >= 4 is 41.9 Å². The molecular weight excluding hydrogens is 473 g/mol. The molecule has 1 saturated carbocycles. The van der Waals surface area contributed by atoms with Crippen molar-refractivity contribution in [1.29, 1.82) is 0 Å². The third kappa shape index (κ3) is 8.83. The van der Waals surface area contributed by atoms with Gasteiger partial charge in [0.1, 0.15) is 0 Å². The molecule has 1 aliphatic heterocycles. The topological polar surface area (TPSA) is 95.1 Å². The predicted octanol–water partition coefficient (Wildman–Crippen LogP) is 2.23. The lowest BCUT2D eigenvalue weighted by Crippen LogP contribution is -2.50. The molecule has 0 radical (unpaired) electrons. The molecule has 162 valence electrons. The summed E-state index contributed by atoms with van der Waals surface area (Å²) in [5.41, 5.74) is 0. The van der Waals surface area contributed by atoms with Crippen molar-refractivity contribution in [3.63, 3.8) is 0 Å². The first kappa shape index (κ1) is 24.8. The number of aliphatic imine (C=N–C) groups is 1. The second kappa shape index (κ2) is 13.8. The second-order valence-corrected chi connectivity index (χ2v) is 7.26. The van der Waals surface area contributed by atoms with Crippen molar-refractivity contribution in [1.82, 2.24) is 20.9 Å². The molecule has 0 unspecified atom stereocenters. The number of rotatable bonds is 6. The van der Waals surface area contributed by atoms with Gasteiger partial charge in [-0.05, 0) is 32.6 Å². The van der Waals surface area contributed by atoms with Gasteiger partial charge in [0.2, 0.25) is 5.91 Å². The van der Waals surface area contributed by atoms with E-state index in [1.54, 1.807) is 11.9 Å². The zero-order valence-electron chi connectivity index (χ0n) is 17.2. The van der Waals surface area contributed by atoms with Crippen LogP contribution in [0.2, 0.25) is 0 Å². The summed E-state index contributed by atoms with van der Waals surface area (Å²) in [5.74, 6) is 0.808. The van der Waals surface area contributed by atoms with Crippen LogP contribution in [0.4, 0.5) is 4.79 Å². The van der Waals surface area contributed by atoms with E-state index < -0.39 is 0 Å². The molecule has 0 spiro atoms. The summed E-state index contributed by atoms with van der Waals surface area (Å²) in [6.07, 6.45) is 7.84. The molecule has 0 atom stereocenters. The third-order valence-electron chi connectivity index (χ3n) is 5.20. The van der Waals surface area contributed by atoms with Gasteiger partial charge in [-0.15, -0.1) is 24.0 Å². The molecule has 2 fully saturated rings. The zero-order valence-corrected chi connectivity index (χ0v) is 19.5. The first-order valence-corrected chi connectivity index (χ1v) is 10.3. The molecule has 1 aliphatic carbocycles. The Morgan fingerprint density at radius 2 is 1.68 bits per heavy atom. The van der Waals surface area contributed by atoms with Crippen LogP contribution in [-0.4, -0.2) is 68.2 Å². The molecule has 0 aromatic carbocycles. The lowest BCUT2D eigenvalue weighted by molar-refractivity contribution is -0.121. The monoisotopic (exact) mass is 509 g/mol. The number of hydrogen-bond acceptors (Lipinski definition) is 4. The number of carbonyl (C=O) groups is 2. The number of amides is 2. The van der Waals surface area contributed by atoms with Crippen molar-refractivity contribution in [2.45, 2.75) is 70.4 Å². The van der Waals surface area contributed by atoms with E-state index >= 15 is 0 Å². The van der Waals surface area contributed by atoms with Crippen LogP contribution in [0.5, 0.6) is 0 Å². The molecule has 2 amide bonds. The largest absolute Gasteiger partial charge is 0.450 e. The number of likely N-dealkylation sites (tertiary alicyclic amines) is 1. The van der Waals surface area contributed by atoms with Gasteiger partial charge in [-0.2, -0.15) is 0 Å². The minimum absolute atomic E-state index is 0. The number of nitrogens with zero attached hydrogens (tertiary/aromatic N) is 2. The molecule has 9 heteroatoms. The summed E-state index contributed by atoms with van der Waals surface area (Å²) in [5, 5.41) is 9.72. The maximum Gasteiger partial charge on any atom is 0.409 e. The fourth-order valence-electron chi connectivity index (χ4n) is 3.65. The van der Waals surface area contributed by atoms with Gasteiger partial charge in [-0.25, -0.2) is 4.79 Å². The van der Waals surface area contributed by atoms with Gasteiger partial charge >= 0.3 is 6.09 Å². The standard InChI is InChI=1S/C19H35N5O3.HI/c1-3-27-19(26)24-13-10-16(11-14-24)23-18(20-2)21-12-9-17(25)22-15-7-5-4-6-8-15;/h15-16H,3-14H2,1-2H3,(H,22,25)(H2,20,21,23);1H. The number of piperidine rings is 1. The maximum absolute atomic E-state index is 12.1. The average molecular weight is 509 g/mol. The van der Waals surface area contributed by atoms with Gasteiger partial charge in [0.05, 0.1) is 6.61 Å². The summed E-state index contributed by atoms with van der Waals surface area (Å²) >= 11 is 0. The summed E-state index contributed by atoms with van der Waals surface area (Å²) in [6.45, 7) is 4.13. The average Bonchev–Trinajstić information content (AvgIpc) is 2.68. The Balaban J connectivity index is 0.00000392. The summed E-state index contributed by atoms with van der Waals surface area (Å²) in [4.78, 5) is 29.8. The van der Waals surface area contributed by atoms with Gasteiger partial charge in [0.15, 0.2) is 5.96 Å². The Bertz CT molecular complexity index is 504. The van der Waals surface area contributed by atoms with Crippen LogP contribution in [-0.2, 0) is 9.53 Å². The van der Waals surface area contributed by atoms with Crippen LogP contribution in [0.1, 0.15) is 58.3 Å². The van der Waals surface area contributed by atoms with Crippen molar-refractivity contribution in [2.75, 3.05) is 33.3 Å². The van der Waals surface area contributed by atoms with E-state index in [1.165, 1.54) is 19.3 Å². The van der Waals surface area contributed by atoms with Gasteiger partial charge in [-0.1, -0.05) is 19.3 Å². The molecule has 0 bridgehead atoms. The van der Waals surface area contributed by atoms with Crippen molar-refractivity contribution < 1.29 is 14.3 Å². The van der Waals surface area contributed by atoms with Crippen LogP contribution in [0.3, 0.4) is 0 Å². The Morgan fingerprint density at radius 3 is 2.29 bits per heavy atom. The zero-order chi connectivity index (χ0) is 19.5.